The summed E-state index contributed by atoms with van der Waals surface area (Å²) in [5.74, 6) is -0.565. The van der Waals surface area contributed by atoms with Crippen molar-refractivity contribution in [2.45, 2.75) is 32.2 Å². The standard InChI is InChI=1S/C17H24FN3O2.ClH/c1-3-8-17(2,19)16(23)21-11-9-20(10-12-21)15(22)13-4-6-14(18)7-5-13;/h4-7H,3,8-12,19H2,1-2H3;1H. The van der Waals surface area contributed by atoms with Crippen molar-refractivity contribution in [1.82, 2.24) is 9.80 Å². The Kier molecular flexibility index (Phi) is 7.17. The minimum absolute atomic E-state index is 0. The van der Waals surface area contributed by atoms with Crippen LogP contribution in [0.4, 0.5) is 4.39 Å². The summed E-state index contributed by atoms with van der Waals surface area (Å²) in [6.45, 7) is 5.63. The Balaban J connectivity index is 0.00000288. The normalized spacial score (nSPS) is 17.0. The molecule has 7 heteroatoms. The van der Waals surface area contributed by atoms with Crippen LogP contribution in [0.2, 0.25) is 0 Å². The van der Waals surface area contributed by atoms with Crippen molar-refractivity contribution in [3.63, 3.8) is 0 Å². The zero-order valence-electron chi connectivity index (χ0n) is 14.1. The van der Waals surface area contributed by atoms with E-state index in [1.54, 1.807) is 16.7 Å². The van der Waals surface area contributed by atoms with Gasteiger partial charge in [-0.25, -0.2) is 4.39 Å². The van der Waals surface area contributed by atoms with E-state index >= 15 is 0 Å². The predicted octanol–water partition coefficient (Wildman–Crippen LogP) is 2.05. The van der Waals surface area contributed by atoms with Gasteiger partial charge in [0, 0.05) is 31.7 Å². The van der Waals surface area contributed by atoms with Gasteiger partial charge in [-0.05, 0) is 37.6 Å². The third-order valence-electron chi connectivity index (χ3n) is 4.20. The van der Waals surface area contributed by atoms with Gasteiger partial charge < -0.3 is 15.5 Å². The highest BCUT2D eigenvalue weighted by molar-refractivity contribution is 5.94. The van der Waals surface area contributed by atoms with Crippen molar-refractivity contribution in [2.24, 2.45) is 5.73 Å². The van der Waals surface area contributed by atoms with Crippen LogP contribution in [0.3, 0.4) is 0 Å². The van der Waals surface area contributed by atoms with Gasteiger partial charge in [0.25, 0.3) is 5.91 Å². The van der Waals surface area contributed by atoms with Crippen LogP contribution in [-0.2, 0) is 4.79 Å². The number of rotatable bonds is 4. The average Bonchev–Trinajstić information content (AvgIpc) is 2.54. The number of carbonyl (C=O) groups excluding carboxylic acids is 2. The van der Waals surface area contributed by atoms with Gasteiger partial charge in [0.2, 0.25) is 5.91 Å². The zero-order chi connectivity index (χ0) is 17.0. The molecule has 0 radical (unpaired) electrons. The van der Waals surface area contributed by atoms with E-state index in [1.165, 1.54) is 24.3 Å². The van der Waals surface area contributed by atoms with Crippen molar-refractivity contribution < 1.29 is 14.0 Å². The summed E-state index contributed by atoms with van der Waals surface area (Å²) in [6, 6.07) is 5.51. The van der Waals surface area contributed by atoms with Crippen LogP contribution in [0.15, 0.2) is 24.3 Å². The molecule has 1 atom stereocenters. The average molecular weight is 358 g/mol. The summed E-state index contributed by atoms with van der Waals surface area (Å²) in [5.41, 5.74) is 5.70. The van der Waals surface area contributed by atoms with Crippen LogP contribution >= 0.6 is 12.4 Å². The highest BCUT2D eigenvalue weighted by Crippen LogP contribution is 2.16. The number of nitrogens with zero attached hydrogens (tertiary/aromatic N) is 2. The molecule has 1 aromatic carbocycles. The molecule has 1 heterocycles. The fourth-order valence-corrected chi connectivity index (χ4v) is 2.88. The fourth-order valence-electron chi connectivity index (χ4n) is 2.88. The topological polar surface area (TPSA) is 66.6 Å². The lowest BCUT2D eigenvalue weighted by molar-refractivity contribution is -0.138. The smallest absolute Gasteiger partial charge is 0.253 e. The molecule has 1 saturated heterocycles. The van der Waals surface area contributed by atoms with Crippen LogP contribution in [-0.4, -0.2) is 53.3 Å². The minimum Gasteiger partial charge on any atom is -0.338 e. The summed E-state index contributed by atoms with van der Waals surface area (Å²) in [7, 11) is 0. The van der Waals surface area contributed by atoms with Gasteiger partial charge >= 0.3 is 0 Å². The fraction of sp³-hybridized carbons (Fsp3) is 0.529. The first-order valence-corrected chi connectivity index (χ1v) is 7.98. The van der Waals surface area contributed by atoms with Crippen molar-refractivity contribution in [3.05, 3.63) is 35.6 Å². The number of carbonyl (C=O) groups is 2. The van der Waals surface area contributed by atoms with Gasteiger partial charge in [-0.3, -0.25) is 9.59 Å². The van der Waals surface area contributed by atoms with Gasteiger partial charge in [-0.15, -0.1) is 12.4 Å². The second kappa shape index (κ2) is 8.44. The molecule has 0 aromatic heterocycles. The summed E-state index contributed by atoms with van der Waals surface area (Å²) in [6.07, 6.45) is 1.49. The van der Waals surface area contributed by atoms with Crippen LogP contribution in [0, 0.1) is 5.82 Å². The first kappa shape index (κ1) is 20.4. The van der Waals surface area contributed by atoms with Crippen LogP contribution < -0.4 is 5.73 Å². The lowest BCUT2D eigenvalue weighted by atomic mass is 9.95. The third-order valence-corrected chi connectivity index (χ3v) is 4.20. The van der Waals surface area contributed by atoms with Crippen molar-refractivity contribution >= 4 is 24.2 Å². The number of nitrogens with two attached hydrogens (primary N) is 1. The molecule has 134 valence electrons. The SMILES string of the molecule is CCCC(C)(N)C(=O)N1CCN(C(=O)c2ccc(F)cc2)CC1.Cl. The largest absolute Gasteiger partial charge is 0.338 e. The quantitative estimate of drug-likeness (QED) is 0.896. The Morgan fingerprint density at radius 2 is 1.62 bits per heavy atom. The van der Waals surface area contributed by atoms with Gasteiger partial charge in [-0.1, -0.05) is 13.3 Å². The summed E-state index contributed by atoms with van der Waals surface area (Å²) < 4.78 is 12.9. The van der Waals surface area contributed by atoms with Crippen LogP contribution in [0.5, 0.6) is 0 Å². The lowest BCUT2D eigenvalue weighted by Crippen LogP contribution is -2.58. The molecule has 1 fully saturated rings. The monoisotopic (exact) mass is 357 g/mol. The Bertz CT molecular complexity index is 570. The number of hydrogen-bond donors (Lipinski definition) is 1. The predicted molar refractivity (Wildman–Crippen MR) is 93.6 cm³/mol. The van der Waals surface area contributed by atoms with Gasteiger partial charge in [0.15, 0.2) is 0 Å². The van der Waals surface area contributed by atoms with E-state index in [0.29, 0.717) is 38.2 Å². The molecule has 1 aliphatic heterocycles. The van der Waals surface area contributed by atoms with E-state index in [1.807, 2.05) is 6.92 Å². The molecule has 0 aliphatic carbocycles. The first-order valence-electron chi connectivity index (χ1n) is 7.98. The van der Waals surface area contributed by atoms with E-state index in [9.17, 15) is 14.0 Å². The lowest BCUT2D eigenvalue weighted by Gasteiger charge is -2.38. The molecule has 24 heavy (non-hydrogen) atoms. The van der Waals surface area contributed by atoms with Crippen LogP contribution in [0.25, 0.3) is 0 Å². The molecule has 2 N–H and O–H groups in total. The Hall–Kier alpha value is -1.66. The summed E-state index contributed by atoms with van der Waals surface area (Å²) in [4.78, 5) is 28.2. The maximum Gasteiger partial charge on any atom is 0.253 e. The molecule has 5 nitrogen and oxygen atoms in total. The van der Waals surface area contributed by atoms with Gasteiger partial charge in [0.1, 0.15) is 5.82 Å². The molecule has 2 amide bonds. The Labute approximate surface area is 148 Å². The highest BCUT2D eigenvalue weighted by Gasteiger charge is 2.34. The van der Waals surface area contributed by atoms with Crippen molar-refractivity contribution in [3.8, 4) is 0 Å². The second-order valence-corrected chi connectivity index (χ2v) is 6.26. The Morgan fingerprint density at radius 1 is 1.12 bits per heavy atom. The van der Waals surface area contributed by atoms with E-state index in [4.69, 9.17) is 5.73 Å². The summed E-state index contributed by atoms with van der Waals surface area (Å²) in [5, 5.41) is 0. The molecular weight excluding hydrogens is 333 g/mol. The summed E-state index contributed by atoms with van der Waals surface area (Å²) >= 11 is 0. The molecule has 0 spiro atoms. The molecule has 1 aliphatic rings. The van der Waals surface area contributed by atoms with E-state index in [-0.39, 0.29) is 30.0 Å². The number of halogens is 2. The van der Waals surface area contributed by atoms with Gasteiger partial charge in [0.05, 0.1) is 5.54 Å². The number of benzene rings is 1. The highest BCUT2D eigenvalue weighted by atomic mass is 35.5. The third kappa shape index (κ3) is 4.68. The number of piperazine rings is 1. The molecule has 0 bridgehead atoms. The van der Waals surface area contributed by atoms with E-state index in [2.05, 4.69) is 0 Å². The maximum atomic E-state index is 12.9. The molecule has 1 aromatic rings. The molecule has 1 unspecified atom stereocenters. The maximum absolute atomic E-state index is 12.9. The van der Waals surface area contributed by atoms with E-state index in [0.717, 1.165) is 6.42 Å². The Morgan fingerprint density at radius 3 is 2.12 bits per heavy atom. The second-order valence-electron chi connectivity index (χ2n) is 6.26. The van der Waals surface area contributed by atoms with Crippen LogP contribution in [0.1, 0.15) is 37.0 Å². The molecular formula is C17H25ClFN3O2. The van der Waals surface area contributed by atoms with Crippen molar-refractivity contribution in [1.29, 1.82) is 0 Å². The van der Waals surface area contributed by atoms with E-state index < -0.39 is 5.54 Å². The zero-order valence-corrected chi connectivity index (χ0v) is 14.9. The van der Waals surface area contributed by atoms with Crippen molar-refractivity contribution in [2.75, 3.05) is 26.2 Å². The number of amides is 2. The first-order chi connectivity index (χ1) is 10.8. The molecule has 2 rings (SSSR count). The minimum atomic E-state index is -0.849. The van der Waals surface area contributed by atoms with Gasteiger partial charge in [-0.2, -0.15) is 0 Å². The number of hydrogen-bond acceptors (Lipinski definition) is 3. The molecule has 0 saturated carbocycles.